The van der Waals surface area contributed by atoms with Crippen molar-refractivity contribution in [3.8, 4) is 22.6 Å². The third kappa shape index (κ3) is 2.79. The van der Waals surface area contributed by atoms with Gasteiger partial charge in [0.2, 0.25) is 0 Å². The van der Waals surface area contributed by atoms with Crippen molar-refractivity contribution in [2.75, 3.05) is 6.61 Å². The van der Waals surface area contributed by atoms with Crippen molar-refractivity contribution in [2.45, 2.75) is 32.8 Å². The molecule has 0 amide bonds. The number of ether oxygens (including phenoxy) is 2. The lowest BCUT2D eigenvalue weighted by Gasteiger charge is -2.18. The van der Waals surface area contributed by atoms with E-state index in [0.29, 0.717) is 0 Å². The highest BCUT2D eigenvalue weighted by molar-refractivity contribution is 5.67. The van der Waals surface area contributed by atoms with E-state index in [-0.39, 0.29) is 6.10 Å². The second kappa shape index (κ2) is 5.58. The molecule has 0 unspecified atom stereocenters. The van der Waals surface area contributed by atoms with Gasteiger partial charge >= 0.3 is 0 Å². The van der Waals surface area contributed by atoms with E-state index in [2.05, 4.69) is 30.3 Å². The SMILES string of the molecule is CC(C)Oc1cccc(-c2ccc3c(c2)CCCO3)c1. The highest BCUT2D eigenvalue weighted by atomic mass is 16.5. The van der Waals surface area contributed by atoms with Gasteiger partial charge in [-0.15, -0.1) is 0 Å². The van der Waals surface area contributed by atoms with Crippen LogP contribution in [0.15, 0.2) is 42.5 Å². The van der Waals surface area contributed by atoms with E-state index < -0.39 is 0 Å². The fourth-order valence-electron chi connectivity index (χ4n) is 2.56. The zero-order valence-electron chi connectivity index (χ0n) is 12.1. The summed E-state index contributed by atoms with van der Waals surface area (Å²) in [5, 5.41) is 0. The van der Waals surface area contributed by atoms with Gasteiger partial charge in [-0.2, -0.15) is 0 Å². The molecule has 0 saturated heterocycles. The molecule has 1 heterocycles. The molecule has 0 aromatic heterocycles. The van der Waals surface area contributed by atoms with Crippen LogP contribution in [0.2, 0.25) is 0 Å². The zero-order chi connectivity index (χ0) is 13.9. The van der Waals surface area contributed by atoms with Crippen LogP contribution in [0.1, 0.15) is 25.8 Å². The maximum atomic E-state index is 5.76. The van der Waals surface area contributed by atoms with E-state index in [1.54, 1.807) is 0 Å². The van der Waals surface area contributed by atoms with Crippen molar-refractivity contribution >= 4 is 0 Å². The summed E-state index contributed by atoms with van der Waals surface area (Å²) in [6.07, 6.45) is 2.40. The summed E-state index contributed by atoms with van der Waals surface area (Å²) in [6.45, 7) is 4.93. The van der Waals surface area contributed by atoms with Crippen LogP contribution >= 0.6 is 0 Å². The number of aryl methyl sites for hydroxylation is 1. The lowest BCUT2D eigenvalue weighted by molar-refractivity contribution is 0.242. The molecule has 2 aromatic rings. The first-order valence-electron chi connectivity index (χ1n) is 7.25. The fourth-order valence-corrected chi connectivity index (χ4v) is 2.56. The summed E-state index contributed by atoms with van der Waals surface area (Å²) in [7, 11) is 0. The molecule has 0 aliphatic carbocycles. The second-order valence-electron chi connectivity index (χ2n) is 5.47. The predicted octanol–water partition coefficient (Wildman–Crippen LogP) is 4.47. The van der Waals surface area contributed by atoms with Crippen LogP contribution in [0, 0.1) is 0 Å². The van der Waals surface area contributed by atoms with Crippen LogP contribution in [-0.2, 0) is 6.42 Å². The second-order valence-corrected chi connectivity index (χ2v) is 5.47. The molecule has 2 heteroatoms. The van der Waals surface area contributed by atoms with Crippen molar-refractivity contribution in [2.24, 2.45) is 0 Å². The Morgan fingerprint density at radius 3 is 2.75 bits per heavy atom. The van der Waals surface area contributed by atoms with Gasteiger partial charge in [0.05, 0.1) is 12.7 Å². The van der Waals surface area contributed by atoms with E-state index in [4.69, 9.17) is 9.47 Å². The number of hydrogen-bond acceptors (Lipinski definition) is 2. The summed E-state index contributed by atoms with van der Waals surface area (Å²) < 4.78 is 11.4. The molecule has 2 nitrogen and oxygen atoms in total. The summed E-state index contributed by atoms with van der Waals surface area (Å²) in [6, 6.07) is 14.7. The molecule has 104 valence electrons. The summed E-state index contributed by atoms with van der Waals surface area (Å²) in [4.78, 5) is 0. The maximum Gasteiger partial charge on any atom is 0.122 e. The molecule has 0 fully saturated rings. The molecule has 0 spiro atoms. The minimum atomic E-state index is 0.196. The average Bonchev–Trinajstić information content (AvgIpc) is 2.46. The molecule has 0 saturated carbocycles. The summed E-state index contributed by atoms with van der Waals surface area (Å²) in [5.41, 5.74) is 3.73. The molecule has 0 atom stereocenters. The Morgan fingerprint density at radius 2 is 1.90 bits per heavy atom. The Kier molecular flexibility index (Phi) is 3.64. The minimum absolute atomic E-state index is 0.196. The lowest BCUT2D eigenvalue weighted by Crippen LogP contribution is -2.08. The average molecular weight is 268 g/mol. The third-order valence-corrected chi connectivity index (χ3v) is 3.45. The van der Waals surface area contributed by atoms with E-state index in [1.165, 1.54) is 16.7 Å². The molecular formula is C18H20O2. The molecule has 2 aromatic carbocycles. The first-order valence-corrected chi connectivity index (χ1v) is 7.25. The molecule has 0 bridgehead atoms. The van der Waals surface area contributed by atoms with Gasteiger partial charge in [0.1, 0.15) is 11.5 Å². The molecule has 0 N–H and O–H groups in total. The molecular weight excluding hydrogens is 248 g/mol. The van der Waals surface area contributed by atoms with Gasteiger partial charge in [0.15, 0.2) is 0 Å². The van der Waals surface area contributed by atoms with Gasteiger partial charge in [0, 0.05) is 0 Å². The van der Waals surface area contributed by atoms with Gasteiger partial charge in [0.25, 0.3) is 0 Å². The summed E-state index contributed by atoms with van der Waals surface area (Å²) in [5.74, 6) is 1.96. The van der Waals surface area contributed by atoms with E-state index in [1.807, 2.05) is 26.0 Å². The largest absolute Gasteiger partial charge is 0.493 e. The predicted molar refractivity (Wildman–Crippen MR) is 81.5 cm³/mol. The standard InChI is InChI=1S/C18H20O2/c1-13(2)20-17-7-3-5-14(12-17)15-8-9-18-16(11-15)6-4-10-19-18/h3,5,7-9,11-13H,4,6,10H2,1-2H3. The smallest absolute Gasteiger partial charge is 0.122 e. The van der Waals surface area contributed by atoms with Crippen LogP contribution in [0.5, 0.6) is 11.5 Å². The quantitative estimate of drug-likeness (QED) is 0.818. The Morgan fingerprint density at radius 1 is 1.05 bits per heavy atom. The van der Waals surface area contributed by atoms with E-state index in [0.717, 1.165) is 30.9 Å². The first-order chi connectivity index (χ1) is 9.72. The number of hydrogen-bond donors (Lipinski definition) is 0. The van der Waals surface area contributed by atoms with Crippen LogP contribution in [0.3, 0.4) is 0 Å². The summed E-state index contributed by atoms with van der Waals surface area (Å²) >= 11 is 0. The topological polar surface area (TPSA) is 18.5 Å². The Bertz CT molecular complexity index is 602. The zero-order valence-corrected chi connectivity index (χ0v) is 12.1. The van der Waals surface area contributed by atoms with Crippen LogP contribution in [0.4, 0.5) is 0 Å². The number of rotatable bonds is 3. The molecule has 1 aliphatic heterocycles. The van der Waals surface area contributed by atoms with Crippen molar-refractivity contribution < 1.29 is 9.47 Å². The highest BCUT2D eigenvalue weighted by Crippen LogP contribution is 2.31. The monoisotopic (exact) mass is 268 g/mol. The van der Waals surface area contributed by atoms with Crippen LogP contribution < -0.4 is 9.47 Å². The van der Waals surface area contributed by atoms with Crippen molar-refractivity contribution in [3.05, 3.63) is 48.0 Å². The Balaban J connectivity index is 1.92. The molecule has 1 aliphatic rings. The molecule has 0 radical (unpaired) electrons. The van der Waals surface area contributed by atoms with Gasteiger partial charge in [-0.1, -0.05) is 18.2 Å². The van der Waals surface area contributed by atoms with Gasteiger partial charge in [-0.05, 0) is 67.6 Å². The highest BCUT2D eigenvalue weighted by Gasteiger charge is 2.11. The van der Waals surface area contributed by atoms with Gasteiger partial charge in [-0.25, -0.2) is 0 Å². The van der Waals surface area contributed by atoms with Crippen LogP contribution in [-0.4, -0.2) is 12.7 Å². The van der Waals surface area contributed by atoms with Crippen molar-refractivity contribution in [1.82, 2.24) is 0 Å². The van der Waals surface area contributed by atoms with Gasteiger partial charge < -0.3 is 9.47 Å². The number of benzene rings is 2. The normalized spacial score (nSPS) is 13.8. The van der Waals surface area contributed by atoms with E-state index >= 15 is 0 Å². The number of fused-ring (bicyclic) bond motifs is 1. The van der Waals surface area contributed by atoms with E-state index in [9.17, 15) is 0 Å². The van der Waals surface area contributed by atoms with Crippen molar-refractivity contribution in [1.29, 1.82) is 0 Å². The Hall–Kier alpha value is -1.96. The fraction of sp³-hybridized carbons (Fsp3) is 0.333. The lowest BCUT2D eigenvalue weighted by atomic mass is 9.99. The van der Waals surface area contributed by atoms with Crippen molar-refractivity contribution in [3.63, 3.8) is 0 Å². The Labute approximate surface area is 120 Å². The first kappa shape index (κ1) is 13.0. The molecule has 20 heavy (non-hydrogen) atoms. The minimum Gasteiger partial charge on any atom is -0.493 e. The molecule has 3 rings (SSSR count). The van der Waals surface area contributed by atoms with Crippen LogP contribution in [0.25, 0.3) is 11.1 Å². The maximum absolute atomic E-state index is 5.76. The third-order valence-electron chi connectivity index (χ3n) is 3.45. The van der Waals surface area contributed by atoms with Gasteiger partial charge in [-0.3, -0.25) is 0 Å².